The van der Waals surface area contributed by atoms with Gasteiger partial charge in [0.05, 0.1) is 5.69 Å². The molecule has 1 aliphatic heterocycles. The first kappa shape index (κ1) is 14.4. The lowest BCUT2D eigenvalue weighted by atomic mass is 10.0. The van der Waals surface area contributed by atoms with Gasteiger partial charge in [-0.15, -0.1) is 0 Å². The van der Waals surface area contributed by atoms with E-state index in [9.17, 15) is 9.59 Å². The van der Waals surface area contributed by atoms with Crippen LogP contribution in [0.5, 0.6) is 0 Å². The fourth-order valence-electron chi connectivity index (χ4n) is 2.18. The predicted molar refractivity (Wildman–Crippen MR) is 68.6 cm³/mol. The second-order valence-electron chi connectivity index (χ2n) is 5.78. The molecule has 1 amide bonds. The van der Waals surface area contributed by atoms with E-state index >= 15 is 0 Å². The highest BCUT2D eigenvalue weighted by Gasteiger charge is 2.34. The summed E-state index contributed by atoms with van der Waals surface area (Å²) in [7, 11) is 0. The number of likely N-dealkylation sites (tertiary alicyclic amines) is 1. The minimum atomic E-state index is -1.15. The average Bonchev–Trinajstić information content (AvgIpc) is 2.95. The number of carbonyl (C=O) groups excluding carboxylic acids is 1. The van der Waals surface area contributed by atoms with Crippen molar-refractivity contribution in [1.82, 2.24) is 9.88 Å². The summed E-state index contributed by atoms with van der Waals surface area (Å²) in [4.78, 5) is 28.5. The smallest absolute Gasteiger partial charge is 0.410 e. The Hall–Kier alpha value is -2.05. The van der Waals surface area contributed by atoms with Crippen molar-refractivity contribution >= 4 is 12.1 Å². The number of amides is 1. The van der Waals surface area contributed by atoms with E-state index in [0.717, 1.165) is 6.39 Å². The number of ether oxygens (including phenoxy) is 1. The van der Waals surface area contributed by atoms with Gasteiger partial charge in [0, 0.05) is 19.0 Å². The van der Waals surface area contributed by atoms with Gasteiger partial charge in [-0.05, 0) is 27.2 Å². The van der Waals surface area contributed by atoms with Crippen LogP contribution in [0.3, 0.4) is 0 Å². The Morgan fingerprint density at radius 1 is 1.50 bits per heavy atom. The first-order valence-corrected chi connectivity index (χ1v) is 6.42. The number of aromatic nitrogens is 1. The minimum absolute atomic E-state index is 0.132. The van der Waals surface area contributed by atoms with E-state index in [1.54, 1.807) is 25.7 Å². The molecule has 0 aliphatic carbocycles. The summed E-state index contributed by atoms with van der Waals surface area (Å²) in [6, 6.07) is 0. The zero-order chi connectivity index (χ0) is 14.9. The highest BCUT2D eigenvalue weighted by Crippen LogP contribution is 2.29. The molecule has 0 aromatic carbocycles. The summed E-state index contributed by atoms with van der Waals surface area (Å²) in [6.07, 6.45) is 1.38. The molecule has 0 radical (unpaired) electrons. The molecule has 1 fully saturated rings. The van der Waals surface area contributed by atoms with Gasteiger partial charge in [-0.1, -0.05) is 0 Å². The maximum absolute atomic E-state index is 11.9. The molecule has 7 nitrogen and oxygen atoms in total. The van der Waals surface area contributed by atoms with Crippen molar-refractivity contribution in [2.45, 2.75) is 38.7 Å². The minimum Gasteiger partial charge on any atom is -0.475 e. The van der Waals surface area contributed by atoms with Crippen molar-refractivity contribution in [3.63, 3.8) is 0 Å². The zero-order valence-corrected chi connectivity index (χ0v) is 11.8. The molecule has 1 N–H and O–H groups in total. The maximum atomic E-state index is 11.9. The molecule has 1 aliphatic rings. The standard InChI is InChI=1S/C13H18N2O5/c1-13(2,3)20-12(18)15-5-4-8(6-15)9-10(11(16)17)19-7-14-9/h7-8H,4-6H2,1-3H3,(H,16,17). The van der Waals surface area contributed by atoms with Gasteiger partial charge in [-0.3, -0.25) is 0 Å². The van der Waals surface area contributed by atoms with Gasteiger partial charge in [-0.25, -0.2) is 14.6 Å². The summed E-state index contributed by atoms with van der Waals surface area (Å²) in [5, 5.41) is 9.00. The SMILES string of the molecule is CC(C)(C)OC(=O)N1CCC(c2ncoc2C(=O)O)C1. The number of oxazole rings is 1. The van der Waals surface area contributed by atoms with Crippen molar-refractivity contribution in [2.75, 3.05) is 13.1 Å². The highest BCUT2D eigenvalue weighted by molar-refractivity contribution is 5.85. The number of aromatic carboxylic acids is 1. The molecule has 0 saturated carbocycles. The Bertz CT molecular complexity index is 517. The molecule has 0 bridgehead atoms. The molecule has 110 valence electrons. The highest BCUT2D eigenvalue weighted by atomic mass is 16.6. The van der Waals surface area contributed by atoms with Crippen molar-refractivity contribution in [1.29, 1.82) is 0 Å². The monoisotopic (exact) mass is 282 g/mol. The molecule has 1 aromatic heterocycles. The predicted octanol–water partition coefficient (Wildman–Crippen LogP) is 2.10. The van der Waals surface area contributed by atoms with Crippen LogP contribution in [0.15, 0.2) is 10.8 Å². The average molecular weight is 282 g/mol. The van der Waals surface area contributed by atoms with Crippen LogP contribution in [-0.4, -0.2) is 45.7 Å². The number of hydrogen-bond donors (Lipinski definition) is 1. The van der Waals surface area contributed by atoms with Gasteiger partial charge in [-0.2, -0.15) is 0 Å². The quantitative estimate of drug-likeness (QED) is 0.892. The summed E-state index contributed by atoms with van der Waals surface area (Å²) in [5.74, 6) is -1.43. The number of carboxylic acids is 1. The van der Waals surface area contributed by atoms with Gasteiger partial charge in [0.1, 0.15) is 5.60 Å². The van der Waals surface area contributed by atoms with E-state index in [4.69, 9.17) is 14.3 Å². The molecular formula is C13H18N2O5. The lowest BCUT2D eigenvalue weighted by molar-refractivity contribution is 0.0292. The van der Waals surface area contributed by atoms with E-state index < -0.39 is 11.6 Å². The molecule has 0 spiro atoms. The van der Waals surface area contributed by atoms with Crippen LogP contribution >= 0.6 is 0 Å². The number of carbonyl (C=O) groups is 2. The van der Waals surface area contributed by atoms with Gasteiger partial charge < -0.3 is 19.2 Å². The molecule has 1 unspecified atom stereocenters. The van der Waals surface area contributed by atoms with Crippen LogP contribution in [0.1, 0.15) is 49.4 Å². The number of nitrogens with zero attached hydrogens (tertiary/aromatic N) is 2. The fraction of sp³-hybridized carbons (Fsp3) is 0.615. The van der Waals surface area contributed by atoms with Crippen LogP contribution in [0, 0.1) is 0 Å². The Morgan fingerprint density at radius 3 is 2.80 bits per heavy atom. The molecular weight excluding hydrogens is 264 g/mol. The third-order valence-electron chi connectivity index (χ3n) is 3.02. The van der Waals surface area contributed by atoms with Gasteiger partial charge in [0.15, 0.2) is 6.39 Å². The molecule has 1 atom stereocenters. The van der Waals surface area contributed by atoms with Crippen LogP contribution < -0.4 is 0 Å². The second-order valence-corrected chi connectivity index (χ2v) is 5.78. The van der Waals surface area contributed by atoms with E-state index in [1.165, 1.54) is 0 Å². The van der Waals surface area contributed by atoms with Gasteiger partial charge in [0.25, 0.3) is 0 Å². The topological polar surface area (TPSA) is 92.9 Å². The van der Waals surface area contributed by atoms with Crippen LogP contribution in [-0.2, 0) is 4.74 Å². The van der Waals surface area contributed by atoms with Crippen molar-refractivity contribution < 1.29 is 23.8 Å². The lowest BCUT2D eigenvalue weighted by Crippen LogP contribution is -2.35. The van der Waals surface area contributed by atoms with E-state index in [2.05, 4.69) is 4.98 Å². The molecule has 1 aromatic rings. The molecule has 2 rings (SSSR count). The van der Waals surface area contributed by atoms with Crippen molar-refractivity contribution in [3.8, 4) is 0 Å². The van der Waals surface area contributed by atoms with E-state index in [0.29, 0.717) is 25.2 Å². The largest absolute Gasteiger partial charge is 0.475 e. The van der Waals surface area contributed by atoms with Crippen LogP contribution in [0.25, 0.3) is 0 Å². The lowest BCUT2D eigenvalue weighted by Gasteiger charge is -2.24. The van der Waals surface area contributed by atoms with Crippen molar-refractivity contribution in [2.24, 2.45) is 0 Å². The molecule has 20 heavy (non-hydrogen) atoms. The third kappa shape index (κ3) is 3.09. The number of carboxylic acid groups (broad SMARTS) is 1. The summed E-state index contributed by atoms with van der Waals surface area (Å²) >= 11 is 0. The molecule has 7 heteroatoms. The third-order valence-corrected chi connectivity index (χ3v) is 3.02. The first-order valence-electron chi connectivity index (χ1n) is 6.42. The summed E-state index contributed by atoms with van der Waals surface area (Å²) in [6.45, 7) is 6.32. The fourth-order valence-corrected chi connectivity index (χ4v) is 2.18. The Morgan fingerprint density at radius 2 is 2.20 bits per heavy atom. The molecule has 1 saturated heterocycles. The Kier molecular flexibility index (Phi) is 3.69. The summed E-state index contributed by atoms with van der Waals surface area (Å²) in [5.41, 5.74) is -0.154. The normalized spacial score (nSPS) is 19.1. The van der Waals surface area contributed by atoms with Gasteiger partial charge in [0.2, 0.25) is 5.76 Å². The Balaban J connectivity index is 2.04. The van der Waals surface area contributed by atoms with Crippen LogP contribution in [0.2, 0.25) is 0 Å². The van der Waals surface area contributed by atoms with Crippen molar-refractivity contribution in [3.05, 3.63) is 17.8 Å². The first-order chi connectivity index (χ1) is 9.28. The van der Waals surface area contributed by atoms with Gasteiger partial charge >= 0.3 is 12.1 Å². The second kappa shape index (κ2) is 5.15. The van der Waals surface area contributed by atoms with E-state index in [-0.39, 0.29) is 17.8 Å². The molecule has 2 heterocycles. The number of rotatable bonds is 2. The van der Waals surface area contributed by atoms with E-state index in [1.807, 2.05) is 0 Å². The Labute approximate surface area is 116 Å². The zero-order valence-electron chi connectivity index (χ0n) is 11.8. The number of hydrogen-bond acceptors (Lipinski definition) is 5. The van der Waals surface area contributed by atoms with Crippen LogP contribution in [0.4, 0.5) is 4.79 Å². The maximum Gasteiger partial charge on any atom is 0.410 e. The summed E-state index contributed by atoms with van der Waals surface area (Å²) < 4.78 is 10.2.